The van der Waals surface area contributed by atoms with Gasteiger partial charge in [0.25, 0.3) is 0 Å². The van der Waals surface area contributed by atoms with Gasteiger partial charge in [-0.05, 0) is 87.3 Å². The molecule has 4 rings (SSSR count). The lowest BCUT2D eigenvalue weighted by Crippen LogP contribution is -2.61. The number of piperazine rings is 1. The zero-order valence-corrected chi connectivity index (χ0v) is 25.6. The Morgan fingerprint density at radius 1 is 1.08 bits per heavy atom. The fourth-order valence-electron chi connectivity index (χ4n) is 5.43. The average molecular weight is 529 g/mol. The number of para-hydroxylation sites is 1. The first-order chi connectivity index (χ1) is 18.8. The Bertz CT molecular complexity index is 1060. The number of anilines is 1. The third-order valence-corrected chi connectivity index (χ3v) is 8.06. The van der Waals surface area contributed by atoms with Crippen LogP contribution in [0, 0.1) is 18.3 Å². The minimum absolute atomic E-state index is 0.160. The van der Waals surface area contributed by atoms with Gasteiger partial charge in [0.1, 0.15) is 12.4 Å². The van der Waals surface area contributed by atoms with Crippen molar-refractivity contribution >= 4 is 5.69 Å². The number of rotatable bonds is 7. The molecule has 0 aromatic heterocycles. The molecule has 2 unspecified atom stereocenters. The molecule has 0 radical (unpaired) electrons. The maximum Gasteiger partial charge on any atom is 0.120 e. The summed E-state index contributed by atoms with van der Waals surface area (Å²) in [4.78, 5) is 5.30. The maximum atomic E-state index is 6.17. The molecule has 212 valence electrons. The zero-order chi connectivity index (χ0) is 28.7. The average Bonchev–Trinajstić information content (AvgIpc) is 2.96. The van der Waals surface area contributed by atoms with E-state index in [-0.39, 0.29) is 5.41 Å². The standard InChI is InChI=1S/C29H40N2O.C4H8.C3H4/c1-5-6-11-23(2)22-32-28-15-10-12-25(18-28)29(4)19-27-21-31(26-13-8-7-9-14-26)17-16-30(27)20-24(29)3;1-3-4-2;1-3-2/h7-15,18,24,27H,5-6,16-17,19-22H2,1-4H3;3-4H,1-2H3;1H,2H3/b23-11+;4-3-;/t24?,27?,29-;;/m1../s1. The molecule has 2 saturated heterocycles. The summed E-state index contributed by atoms with van der Waals surface area (Å²) in [6, 6.07) is 20.4. The fraction of sp³-hybridized carbons (Fsp3) is 0.500. The van der Waals surface area contributed by atoms with Gasteiger partial charge in [0.2, 0.25) is 0 Å². The molecular weight excluding hydrogens is 476 g/mol. The van der Waals surface area contributed by atoms with E-state index < -0.39 is 0 Å². The quantitative estimate of drug-likeness (QED) is 0.265. The van der Waals surface area contributed by atoms with E-state index in [4.69, 9.17) is 4.74 Å². The summed E-state index contributed by atoms with van der Waals surface area (Å²) in [7, 11) is 0. The third-order valence-electron chi connectivity index (χ3n) is 8.06. The number of terminal acetylenes is 1. The van der Waals surface area contributed by atoms with E-state index in [9.17, 15) is 0 Å². The van der Waals surface area contributed by atoms with Crippen LogP contribution < -0.4 is 9.64 Å². The van der Waals surface area contributed by atoms with E-state index in [0.29, 0.717) is 18.6 Å². The molecule has 2 aliphatic heterocycles. The predicted octanol–water partition coefficient (Wildman–Crippen LogP) is 8.52. The van der Waals surface area contributed by atoms with Crippen LogP contribution in [-0.4, -0.2) is 43.7 Å². The van der Waals surface area contributed by atoms with E-state index in [1.165, 1.54) is 36.2 Å². The molecular formula is C36H52N2O. The molecule has 2 aromatic carbocycles. The molecule has 3 atom stereocenters. The minimum Gasteiger partial charge on any atom is -0.489 e. The van der Waals surface area contributed by atoms with Crippen LogP contribution in [0.5, 0.6) is 5.75 Å². The Morgan fingerprint density at radius 3 is 2.41 bits per heavy atom. The Balaban J connectivity index is 0.000000686. The van der Waals surface area contributed by atoms with Crippen molar-refractivity contribution in [1.29, 1.82) is 0 Å². The Labute approximate surface area is 240 Å². The lowest BCUT2D eigenvalue weighted by Gasteiger charge is -2.53. The number of piperidine rings is 1. The van der Waals surface area contributed by atoms with Gasteiger partial charge >= 0.3 is 0 Å². The number of benzene rings is 2. The van der Waals surface area contributed by atoms with Gasteiger partial charge in [-0.15, -0.1) is 12.3 Å². The Morgan fingerprint density at radius 2 is 1.77 bits per heavy atom. The van der Waals surface area contributed by atoms with Crippen molar-refractivity contribution in [2.24, 2.45) is 5.92 Å². The molecule has 0 spiro atoms. The van der Waals surface area contributed by atoms with E-state index in [2.05, 4.69) is 111 Å². The molecule has 2 heterocycles. The second-order valence-corrected chi connectivity index (χ2v) is 11.1. The van der Waals surface area contributed by atoms with Crippen LogP contribution >= 0.6 is 0 Å². The Kier molecular flexibility index (Phi) is 14.0. The van der Waals surface area contributed by atoms with E-state index >= 15 is 0 Å². The molecule has 3 nitrogen and oxygen atoms in total. The van der Waals surface area contributed by atoms with Gasteiger partial charge in [0.15, 0.2) is 0 Å². The molecule has 0 amide bonds. The number of unbranched alkanes of at least 4 members (excludes halogenated alkanes) is 1. The predicted molar refractivity (Wildman–Crippen MR) is 171 cm³/mol. The topological polar surface area (TPSA) is 15.7 Å². The molecule has 0 bridgehead atoms. The first-order valence-electron chi connectivity index (χ1n) is 14.7. The normalized spacial score (nSPS) is 23.0. The van der Waals surface area contributed by atoms with E-state index in [0.717, 1.165) is 31.8 Å². The summed E-state index contributed by atoms with van der Waals surface area (Å²) in [6.07, 6.45) is 14.4. The van der Waals surface area contributed by atoms with Crippen LogP contribution in [0.15, 0.2) is 78.4 Å². The van der Waals surface area contributed by atoms with E-state index in [1.54, 1.807) is 6.92 Å². The first-order valence-corrected chi connectivity index (χ1v) is 14.7. The van der Waals surface area contributed by atoms with Crippen LogP contribution in [0.25, 0.3) is 0 Å². The molecule has 2 aliphatic rings. The lowest BCUT2D eigenvalue weighted by atomic mass is 9.65. The number of hydrogen-bond acceptors (Lipinski definition) is 3. The lowest BCUT2D eigenvalue weighted by molar-refractivity contribution is 0.0467. The van der Waals surface area contributed by atoms with Crippen LogP contribution in [0.1, 0.15) is 73.3 Å². The van der Waals surface area contributed by atoms with Gasteiger partial charge in [-0.25, -0.2) is 0 Å². The number of ether oxygens (including phenoxy) is 1. The van der Waals surface area contributed by atoms with Gasteiger partial charge in [0.05, 0.1) is 0 Å². The smallest absolute Gasteiger partial charge is 0.120 e. The Hall–Kier alpha value is -2.96. The highest BCUT2D eigenvalue weighted by atomic mass is 16.5. The number of hydrogen-bond donors (Lipinski definition) is 0. The van der Waals surface area contributed by atoms with Gasteiger partial charge in [-0.2, -0.15) is 0 Å². The first kappa shape index (κ1) is 32.3. The van der Waals surface area contributed by atoms with Crippen molar-refractivity contribution < 1.29 is 4.74 Å². The zero-order valence-electron chi connectivity index (χ0n) is 25.6. The van der Waals surface area contributed by atoms with Crippen LogP contribution in [0.3, 0.4) is 0 Å². The molecule has 0 aliphatic carbocycles. The van der Waals surface area contributed by atoms with Crippen molar-refractivity contribution in [3.05, 3.63) is 84.0 Å². The SMILES string of the molecule is C#CC.C/C=C\C.CCC/C=C(\C)COc1cccc([C@]2(C)CC3CN(c4ccccc4)CCN3CC2C)c1. The molecule has 2 fully saturated rings. The second-order valence-electron chi connectivity index (χ2n) is 11.1. The monoisotopic (exact) mass is 528 g/mol. The largest absolute Gasteiger partial charge is 0.489 e. The molecule has 0 N–H and O–H groups in total. The third kappa shape index (κ3) is 9.63. The van der Waals surface area contributed by atoms with Crippen molar-refractivity contribution in [2.75, 3.05) is 37.7 Å². The second kappa shape index (κ2) is 16.9. The van der Waals surface area contributed by atoms with Gasteiger partial charge in [-0.1, -0.05) is 75.8 Å². The van der Waals surface area contributed by atoms with Gasteiger partial charge < -0.3 is 9.64 Å². The summed E-state index contributed by atoms with van der Waals surface area (Å²) in [5, 5.41) is 0. The van der Waals surface area contributed by atoms with Crippen LogP contribution in [0.4, 0.5) is 5.69 Å². The molecule has 0 saturated carbocycles. The summed E-state index contributed by atoms with van der Waals surface area (Å²) >= 11 is 0. The highest BCUT2D eigenvalue weighted by Crippen LogP contribution is 2.43. The van der Waals surface area contributed by atoms with E-state index in [1.807, 2.05) is 26.0 Å². The minimum atomic E-state index is 0.160. The number of fused-ring (bicyclic) bond motifs is 1. The molecule has 39 heavy (non-hydrogen) atoms. The summed E-state index contributed by atoms with van der Waals surface area (Å²) < 4.78 is 6.17. The van der Waals surface area contributed by atoms with Gasteiger partial charge in [0, 0.05) is 37.9 Å². The number of allylic oxidation sites excluding steroid dienone is 3. The number of nitrogens with zero attached hydrogens (tertiary/aromatic N) is 2. The van der Waals surface area contributed by atoms with Crippen molar-refractivity contribution in [2.45, 2.75) is 79.2 Å². The van der Waals surface area contributed by atoms with Crippen molar-refractivity contribution in [3.63, 3.8) is 0 Å². The summed E-state index contributed by atoms with van der Waals surface area (Å²) in [6.45, 7) is 20.2. The summed E-state index contributed by atoms with van der Waals surface area (Å²) in [5.41, 5.74) is 4.25. The van der Waals surface area contributed by atoms with Crippen LogP contribution in [0.2, 0.25) is 0 Å². The maximum absolute atomic E-state index is 6.17. The van der Waals surface area contributed by atoms with Crippen molar-refractivity contribution in [1.82, 2.24) is 4.90 Å². The summed E-state index contributed by atoms with van der Waals surface area (Å²) in [5.74, 6) is 3.86. The highest BCUT2D eigenvalue weighted by Gasteiger charge is 2.44. The molecule has 2 aromatic rings. The van der Waals surface area contributed by atoms with Crippen LogP contribution in [-0.2, 0) is 5.41 Å². The van der Waals surface area contributed by atoms with Gasteiger partial charge in [-0.3, -0.25) is 4.90 Å². The fourth-order valence-corrected chi connectivity index (χ4v) is 5.43. The highest BCUT2D eigenvalue weighted by molar-refractivity contribution is 5.47. The van der Waals surface area contributed by atoms with Crippen molar-refractivity contribution in [3.8, 4) is 18.1 Å². The molecule has 3 heteroatoms.